The van der Waals surface area contributed by atoms with Crippen molar-refractivity contribution in [3.05, 3.63) is 45.6 Å². The minimum absolute atomic E-state index is 0.513. The highest BCUT2D eigenvalue weighted by Crippen LogP contribution is 2.46. The van der Waals surface area contributed by atoms with Crippen molar-refractivity contribution >= 4 is 11.3 Å². The van der Waals surface area contributed by atoms with E-state index in [-0.39, 0.29) is 0 Å². The molecule has 1 fully saturated rings. The van der Waals surface area contributed by atoms with Crippen LogP contribution in [0, 0.1) is 0 Å². The minimum Gasteiger partial charge on any atom is -0.493 e. The number of hydrogen-bond acceptors (Lipinski definition) is 4. The van der Waals surface area contributed by atoms with Gasteiger partial charge in [-0.05, 0) is 66.4 Å². The summed E-state index contributed by atoms with van der Waals surface area (Å²) in [5.74, 6) is 2.40. The minimum atomic E-state index is 0.513. The Kier molecular flexibility index (Phi) is 4.04. The number of nitrogens with zero attached hydrogens (tertiary/aromatic N) is 1. The van der Waals surface area contributed by atoms with Gasteiger partial charge in [-0.1, -0.05) is 6.07 Å². The van der Waals surface area contributed by atoms with Crippen molar-refractivity contribution in [3.63, 3.8) is 0 Å². The fourth-order valence-electron chi connectivity index (χ4n) is 4.11. The molecule has 3 heterocycles. The molecule has 1 aromatic heterocycles. The molecule has 4 rings (SSSR count). The summed E-state index contributed by atoms with van der Waals surface area (Å²) >= 11 is 1.90. The van der Waals surface area contributed by atoms with Crippen LogP contribution in [-0.4, -0.2) is 32.2 Å². The van der Waals surface area contributed by atoms with Crippen molar-refractivity contribution in [2.75, 3.05) is 27.3 Å². The third kappa shape index (κ3) is 2.64. The van der Waals surface area contributed by atoms with Crippen LogP contribution in [0.15, 0.2) is 29.6 Å². The van der Waals surface area contributed by atoms with E-state index in [1.54, 1.807) is 14.2 Å². The highest BCUT2D eigenvalue weighted by atomic mass is 32.1. The zero-order valence-electron chi connectivity index (χ0n) is 13.7. The summed E-state index contributed by atoms with van der Waals surface area (Å²) in [4.78, 5) is 4.19. The van der Waals surface area contributed by atoms with E-state index in [9.17, 15) is 0 Å². The van der Waals surface area contributed by atoms with Crippen molar-refractivity contribution in [1.29, 1.82) is 0 Å². The maximum atomic E-state index is 5.54. The number of benzene rings is 1. The predicted molar refractivity (Wildman–Crippen MR) is 93.9 cm³/mol. The summed E-state index contributed by atoms with van der Waals surface area (Å²) in [5.41, 5.74) is 2.87. The molecule has 2 aliphatic heterocycles. The fourth-order valence-corrected chi connectivity index (χ4v) is 4.99. The van der Waals surface area contributed by atoms with E-state index in [0.717, 1.165) is 24.5 Å². The molecule has 2 atom stereocenters. The molecule has 1 aromatic carbocycles. The molecule has 3 nitrogen and oxygen atoms in total. The second kappa shape index (κ2) is 6.17. The van der Waals surface area contributed by atoms with E-state index in [0.29, 0.717) is 12.0 Å². The lowest BCUT2D eigenvalue weighted by Crippen LogP contribution is -2.40. The second-order valence-electron chi connectivity index (χ2n) is 6.44. The Labute approximate surface area is 141 Å². The standard InChI is InChI=1S/C19H23NO2S/c1-21-17-11-13-5-7-20-8-6-14(19-4-3-9-23-19)10-16(20)15(13)12-18(17)22-2/h3-4,9,11-12,14,16H,5-8,10H2,1-2H3. The number of methoxy groups -OCH3 is 2. The molecule has 0 bridgehead atoms. The molecule has 0 spiro atoms. The zero-order chi connectivity index (χ0) is 15.8. The molecule has 2 aromatic rings. The van der Waals surface area contributed by atoms with E-state index in [1.165, 1.54) is 35.4 Å². The number of ether oxygens (including phenoxy) is 2. The van der Waals surface area contributed by atoms with Gasteiger partial charge in [-0.25, -0.2) is 0 Å². The van der Waals surface area contributed by atoms with Crippen molar-refractivity contribution < 1.29 is 9.47 Å². The molecule has 0 radical (unpaired) electrons. The maximum Gasteiger partial charge on any atom is 0.161 e. The Morgan fingerprint density at radius 3 is 2.70 bits per heavy atom. The van der Waals surface area contributed by atoms with Gasteiger partial charge in [0, 0.05) is 17.5 Å². The number of fused-ring (bicyclic) bond motifs is 3. The van der Waals surface area contributed by atoms with Crippen LogP contribution in [-0.2, 0) is 6.42 Å². The first kappa shape index (κ1) is 15.0. The summed E-state index contributed by atoms with van der Waals surface area (Å²) < 4.78 is 11.0. The average molecular weight is 329 g/mol. The Morgan fingerprint density at radius 2 is 1.96 bits per heavy atom. The smallest absolute Gasteiger partial charge is 0.161 e. The number of thiophene rings is 1. The van der Waals surface area contributed by atoms with Gasteiger partial charge in [-0.3, -0.25) is 4.90 Å². The van der Waals surface area contributed by atoms with Crippen LogP contribution in [0.5, 0.6) is 11.5 Å². The van der Waals surface area contributed by atoms with Crippen LogP contribution in [0.3, 0.4) is 0 Å². The SMILES string of the molecule is COc1cc2c(cc1OC)C1CC(c3cccs3)CCN1CC2. The maximum absolute atomic E-state index is 5.54. The molecule has 0 N–H and O–H groups in total. The van der Waals surface area contributed by atoms with Gasteiger partial charge in [-0.2, -0.15) is 0 Å². The van der Waals surface area contributed by atoms with Gasteiger partial charge in [0.05, 0.1) is 14.2 Å². The molecular formula is C19H23NO2S. The first-order valence-corrected chi connectivity index (χ1v) is 9.20. The molecule has 23 heavy (non-hydrogen) atoms. The number of hydrogen-bond donors (Lipinski definition) is 0. The summed E-state index contributed by atoms with van der Waals surface area (Å²) in [6.07, 6.45) is 3.60. The van der Waals surface area contributed by atoms with Crippen molar-refractivity contribution in [3.8, 4) is 11.5 Å². The van der Waals surface area contributed by atoms with Crippen LogP contribution in [0.2, 0.25) is 0 Å². The Morgan fingerprint density at radius 1 is 1.13 bits per heavy atom. The van der Waals surface area contributed by atoms with Crippen LogP contribution in [0.1, 0.15) is 40.8 Å². The molecule has 0 aliphatic carbocycles. The number of piperidine rings is 1. The molecule has 122 valence electrons. The van der Waals surface area contributed by atoms with Crippen molar-refractivity contribution in [2.24, 2.45) is 0 Å². The lowest BCUT2D eigenvalue weighted by atomic mass is 9.81. The lowest BCUT2D eigenvalue weighted by Gasteiger charge is -2.43. The first-order valence-electron chi connectivity index (χ1n) is 8.32. The summed E-state index contributed by atoms with van der Waals surface area (Å²) in [7, 11) is 3.44. The Balaban J connectivity index is 1.68. The van der Waals surface area contributed by atoms with Gasteiger partial charge in [-0.15, -0.1) is 11.3 Å². The topological polar surface area (TPSA) is 21.7 Å². The summed E-state index contributed by atoms with van der Waals surface area (Å²) in [5, 5.41) is 2.20. The average Bonchev–Trinajstić information content (AvgIpc) is 3.14. The monoisotopic (exact) mass is 329 g/mol. The number of rotatable bonds is 3. The van der Waals surface area contributed by atoms with Crippen molar-refractivity contribution in [2.45, 2.75) is 31.2 Å². The Bertz CT molecular complexity index is 683. The highest BCUT2D eigenvalue weighted by Gasteiger charge is 2.35. The predicted octanol–water partition coefficient (Wildman–Crippen LogP) is 4.24. The lowest BCUT2D eigenvalue weighted by molar-refractivity contribution is 0.125. The summed E-state index contributed by atoms with van der Waals surface area (Å²) in [6.45, 7) is 2.35. The van der Waals surface area contributed by atoms with Crippen LogP contribution in [0.4, 0.5) is 0 Å². The molecule has 2 unspecified atom stereocenters. The van der Waals surface area contributed by atoms with E-state index >= 15 is 0 Å². The molecule has 4 heteroatoms. The zero-order valence-corrected chi connectivity index (χ0v) is 14.6. The highest BCUT2D eigenvalue weighted by molar-refractivity contribution is 7.10. The molecule has 1 saturated heterocycles. The van der Waals surface area contributed by atoms with E-state index in [4.69, 9.17) is 9.47 Å². The third-order valence-corrected chi connectivity index (χ3v) is 6.37. The molecule has 0 saturated carbocycles. The molecular weight excluding hydrogens is 306 g/mol. The van der Waals surface area contributed by atoms with Gasteiger partial charge in [0.15, 0.2) is 11.5 Å². The van der Waals surface area contributed by atoms with Crippen LogP contribution < -0.4 is 9.47 Å². The fraction of sp³-hybridized carbons (Fsp3) is 0.474. The van der Waals surface area contributed by atoms with E-state index in [2.05, 4.69) is 34.5 Å². The molecule has 2 aliphatic rings. The first-order chi connectivity index (χ1) is 11.3. The summed E-state index contributed by atoms with van der Waals surface area (Å²) in [6, 6.07) is 9.37. The normalized spacial score (nSPS) is 23.9. The molecule has 0 amide bonds. The van der Waals surface area contributed by atoms with Gasteiger partial charge >= 0.3 is 0 Å². The quantitative estimate of drug-likeness (QED) is 0.840. The van der Waals surface area contributed by atoms with Gasteiger partial charge in [0.2, 0.25) is 0 Å². The second-order valence-corrected chi connectivity index (χ2v) is 7.42. The third-order valence-electron chi connectivity index (χ3n) is 5.33. The van der Waals surface area contributed by atoms with Gasteiger partial charge in [0.25, 0.3) is 0 Å². The van der Waals surface area contributed by atoms with Crippen molar-refractivity contribution in [1.82, 2.24) is 4.90 Å². The van der Waals surface area contributed by atoms with Gasteiger partial charge in [0.1, 0.15) is 0 Å². The van der Waals surface area contributed by atoms with E-state index < -0.39 is 0 Å². The van der Waals surface area contributed by atoms with Crippen LogP contribution >= 0.6 is 11.3 Å². The Hall–Kier alpha value is -1.52. The van der Waals surface area contributed by atoms with Gasteiger partial charge < -0.3 is 9.47 Å². The van der Waals surface area contributed by atoms with E-state index in [1.807, 2.05) is 11.3 Å². The van der Waals surface area contributed by atoms with Crippen LogP contribution in [0.25, 0.3) is 0 Å². The largest absolute Gasteiger partial charge is 0.493 e.